The van der Waals surface area contributed by atoms with Gasteiger partial charge in [0, 0.05) is 25.3 Å². The van der Waals surface area contributed by atoms with Crippen molar-refractivity contribution in [3.63, 3.8) is 0 Å². The zero-order chi connectivity index (χ0) is 36.8. The van der Waals surface area contributed by atoms with Crippen molar-refractivity contribution >= 4 is 31.5 Å². The molecule has 0 radical (unpaired) electrons. The summed E-state index contributed by atoms with van der Waals surface area (Å²) >= 11 is 0. The number of rotatable bonds is 34. The quantitative estimate of drug-likeness (QED) is 0.0238. The molecule has 0 saturated carbocycles. The Morgan fingerprint density at radius 2 is 1.14 bits per heavy atom. The minimum atomic E-state index is -4.67. The molecule has 12 nitrogen and oxygen atoms in total. The van der Waals surface area contributed by atoms with Gasteiger partial charge in [-0.2, -0.15) is 0 Å². The Labute approximate surface area is 295 Å². The summed E-state index contributed by atoms with van der Waals surface area (Å²) in [5.74, 6) is -2.42. The van der Waals surface area contributed by atoms with E-state index in [-0.39, 0.29) is 38.3 Å². The Kier molecular flexibility index (Phi) is 28.3. The molecule has 0 aliphatic heterocycles. The molecule has 0 bridgehead atoms. The van der Waals surface area contributed by atoms with Crippen LogP contribution in [-0.2, 0) is 42.3 Å². The van der Waals surface area contributed by atoms with E-state index >= 15 is 0 Å². The van der Waals surface area contributed by atoms with Crippen LogP contribution in [-0.4, -0.2) is 86.9 Å². The highest BCUT2D eigenvalue weighted by Crippen LogP contribution is 2.38. The van der Waals surface area contributed by atoms with Gasteiger partial charge in [-0.3, -0.25) is 18.9 Å². The van der Waals surface area contributed by atoms with Crippen LogP contribution in [0.3, 0.4) is 0 Å². The van der Waals surface area contributed by atoms with Crippen LogP contribution >= 0.6 is 7.82 Å². The first-order chi connectivity index (χ1) is 23.2. The highest BCUT2D eigenvalue weighted by Gasteiger charge is 2.21. The molecular weight excluding hydrogens is 653 g/mol. The number of esters is 2. The van der Waals surface area contributed by atoms with Gasteiger partial charge in [0.05, 0.1) is 27.7 Å². The van der Waals surface area contributed by atoms with Crippen LogP contribution in [0.4, 0.5) is 0 Å². The number of carbonyl (C=O) groups excluding carboxylic acids is 3. The number of quaternary nitrogens is 1. The third-order valence-electron chi connectivity index (χ3n) is 7.86. The number of phosphoric ester groups is 1. The average molecular weight is 720 g/mol. The monoisotopic (exact) mass is 719 g/mol. The van der Waals surface area contributed by atoms with Crippen molar-refractivity contribution in [2.45, 2.75) is 148 Å². The van der Waals surface area contributed by atoms with Gasteiger partial charge >= 0.3 is 17.9 Å². The maximum Gasteiger partial charge on any atom is 0.328 e. The summed E-state index contributed by atoms with van der Waals surface area (Å²) < 4.78 is 33.4. The molecule has 0 aromatic heterocycles. The number of unbranched alkanes of at least 4 members (excludes halogenated alkanes) is 16. The number of carbonyl (C=O) groups is 4. The van der Waals surface area contributed by atoms with Crippen LogP contribution in [0.2, 0.25) is 0 Å². The summed E-state index contributed by atoms with van der Waals surface area (Å²) in [4.78, 5) is 59.2. The van der Waals surface area contributed by atoms with Crippen molar-refractivity contribution in [3.05, 3.63) is 12.2 Å². The van der Waals surface area contributed by atoms with Crippen molar-refractivity contribution in [1.29, 1.82) is 0 Å². The number of carboxylic acids is 1. The number of aliphatic carboxylic acids is 1. The fraction of sp³-hybridized carbons (Fsp3) is 0.833. The number of carboxylic acid groups (broad SMARTS) is 1. The summed E-state index contributed by atoms with van der Waals surface area (Å²) in [6.45, 7) is 1.73. The second-order valence-electron chi connectivity index (χ2n) is 13.8. The molecule has 0 aliphatic carbocycles. The van der Waals surface area contributed by atoms with Gasteiger partial charge in [-0.15, -0.1) is 0 Å². The Balaban J connectivity index is 4.49. The maximum atomic E-state index is 12.5. The van der Waals surface area contributed by atoms with Crippen molar-refractivity contribution in [2.24, 2.45) is 0 Å². The summed E-state index contributed by atoms with van der Waals surface area (Å²) in [5.41, 5.74) is 0. The normalized spacial score (nSPS) is 13.7. The number of hydrogen-bond donors (Lipinski definition) is 1. The molecule has 0 amide bonds. The minimum Gasteiger partial charge on any atom is -0.756 e. The van der Waals surface area contributed by atoms with E-state index in [0.717, 1.165) is 44.3 Å². The molecular formula is C36H66NO11P. The Morgan fingerprint density at radius 3 is 1.63 bits per heavy atom. The van der Waals surface area contributed by atoms with E-state index in [9.17, 15) is 28.6 Å². The van der Waals surface area contributed by atoms with Gasteiger partial charge < -0.3 is 33.0 Å². The molecule has 13 heteroatoms. The van der Waals surface area contributed by atoms with Crippen LogP contribution in [0.5, 0.6) is 0 Å². The third-order valence-corrected chi connectivity index (χ3v) is 8.82. The highest BCUT2D eigenvalue weighted by atomic mass is 31.2. The lowest BCUT2D eigenvalue weighted by atomic mass is 10.0. The number of nitrogens with zero attached hydrogens (tertiary/aromatic N) is 1. The molecule has 2 atom stereocenters. The first-order valence-electron chi connectivity index (χ1n) is 18.4. The standard InChI is InChI=1S/C36H66NO11P/c1-5-6-7-8-9-10-11-12-13-14-15-18-21-24-35(41)45-30-33(31-47-49(43,44)46-29-28-37(2,3)4)48-36(42)25-22-19-16-17-20-23-32(38)26-27-34(39)40/h26-27,33H,5-25,28-31H2,1-4H3,(H-,39,40,43,44). The lowest BCUT2D eigenvalue weighted by Gasteiger charge is -2.28. The topological polar surface area (TPSA) is 166 Å². The van der Waals surface area contributed by atoms with E-state index in [0.29, 0.717) is 36.7 Å². The van der Waals surface area contributed by atoms with Gasteiger partial charge in [0.25, 0.3) is 7.82 Å². The lowest BCUT2D eigenvalue weighted by molar-refractivity contribution is -0.870. The van der Waals surface area contributed by atoms with Crippen LogP contribution in [0.15, 0.2) is 12.2 Å². The van der Waals surface area contributed by atoms with Crippen molar-refractivity contribution in [1.82, 2.24) is 0 Å². The molecule has 0 heterocycles. The third kappa shape index (κ3) is 34.1. The predicted molar refractivity (Wildman–Crippen MR) is 188 cm³/mol. The molecule has 286 valence electrons. The Bertz CT molecular complexity index is 981. The van der Waals surface area contributed by atoms with Gasteiger partial charge in [0.15, 0.2) is 11.9 Å². The number of hydrogen-bond acceptors (Lipinski definition) is 10. The fourth-order valence-corrected chi connectivity index (χ4v) is 5.62. The van der Waals surface area contributed by atoms with Crippen LogP contribution in [0.25, 0.3) is 0 Å². The molecule has 0 saturated heterocycles. The van der Waals surface area contributed by atoms with Crippen molar-refractivity contribution in [2.75, 3.05) is 47.5 Å². The molecule has 1 N–H and O–H groups in total. The van der Waals surface area contributed by atoms with Crippen molar-refractivity contribution in [3.8, 4) is 0 Å². The van der Waals surface area contributed by atoms with Gasteiger partial charge in [-0.05, 0) is 25.3 Å². The van der Waals surface area contributed by atoms with E-state index in [1.165, 1.54) is 57.8 Å². The first kappa shape index (κ1) is 46.9. The minimum absolute atomic E-state index is 0.0734. The van der Waals surface area contributed by atoms with Gasteiger partial charge in [-0.25, -0.2) is 4.79 Å². The largest absolute Gasteiger partial charge is 0.756 e. The zero-order valence-corrected chi connectivity index (χ0v) is 31.7. The summed E-state index contributed by atoms with van der Waals surface area (Å²) in [6, 6.07) is 0. The summed E-state index contributed by atoms with van der Waals surface area (Å²) in [6.07, 6.45) is 20.2. The predicted octanol–water partition coefficient (Wildman–Crippen LogP) is 7.07. The zero-order valence-electron chi connectivity index (χ0n) is 30.8. The number of ketones is 1. The molecule has 49 heavy (non-hydrogen) atoms. The van der Waals surface area contributed by atoms with E-state index in [2.05, 4.69) is 6.92 Å². The van der Waals surface area contributed by atoms with E-state index in [1.807, 2.05) is 21.1 Å². The second-order valence-corrected chi connectivity index (χ2v) is 15.2. The maximum absolute atomic E-state index is 12.5. The van der Waals surface area contributed by atoms with E-state index < -0.39 is 38.4 Å². The smallest absolute Gasteiger partial charge is 0.328 e. The van der Waals surface area contributed by atoms with Gasteiger partial charge in [0.1, 0.15) is 19.8 Å². The van der Waals surface area contributed by atoms with Gasteiger partial charge in [0.2, 0.25) is 0 Å². The Morgan fingerprint density at radius 1 is 0.673 bits per heavy atom. The molecule has 0 rings (SSSR count). The SMILES string of the molecule is CCCCCCCCCCCCCCCC(=O)OCC(COP(=O)([O-])OCC[N+](C)(C)C)OC(=O)CCCCCCCC(=O)C=CC(=O)O. The Hall–Kier alpha value is -2.11. The number of likely N-dealkylation sites (N-methyl/N-ethyl adjacent to an activating group) is 1. The molecule has 0 aliphatic rings. The van der Waals surface area contributed by atoms with Crippen molar-refractivity contribution < 1.29 is 56.7 Å². The summed E-state index contributed by atoms with van der Waals surface area (Å²) in [7, 11) is 1.01. The molecule has 0 aromatic carbocycles. The summed E-state index contributed by atoms with van der Waals surface area (Å²) in [5, 5.41) is 8.56. The van der Waals surface area contributed by atoms with E-state index in [1.54, 1.807) is 0 Å². The highest BCUT2D eigenvalue weighted by molar-refractivity contribution is 7.45. The average Bonchev–Trinajstić information content (AvgIpc) is 3.02. The molecule has 2 unspecified atom stereocenters. The van der Waals surface area contributed by atoms with Crippen LogP contribution < -0.4 is 4.89 Å². The van der Waals surface area contributed by atoms with Crippen LogP contribution in [0, 0.1) is 0 Å². The van der Waals surface area contributed by atoms with Crippen LogP contribution in [0.1, 0.15) is 142 Å². The first-order valence-corrected chi connectivity index (χ1v) is 19.9. The fourth-order valence-electron chi connectivity index (χ4n) is 4.89. The molecule has 0 fully saturated rings. The van der Waals surface area contributed by atoms with E-state index in [4.69, 9.17) is 23.6 Å². The molecule has 0 aromatic rings. The molecule has 0 spiro atoms. The lowest BCUT2D eigenvalue weighted by Crippen LogP contribution is -2.37. The number of allylic oxidation sites excluding steroid dienone is 1. The number of phosphoric acid groups is 1. The number of ether oxygens (including phenoxy) is 2. The second kappa shape index (κ2) is 29.6. The van der Waals surface area contributed by atoms with Gasteiger partial charge in [-0.1, -0.05) is 103 Å².